The molecule has 3 aromatic rings. The maximum absolute atomic E-state index is 13.5. The smallest absolute Gasteiger partial charge is 0.261 e. The molecule has 0 aromatic heterocycles. The number of carbonyl (C=O) groups is 2. The first-order chi connectivity index (χ1) is 16.4. The summed E-state index contributed by atoms with van der Waals surface area (Å²) < 4.78 is 5.77. The molecule has 1 unspecified atom stereocenters. The summed E-state index contributed by atoms with van der Waals surface area (Å²) in [5.41, 5.74) is 3.08. The molecule has 1 atom stereocenters. The van der Waals surface area contributed by atoms with Gasteiger partial charge in [0.1, 0.15) is 11.8 Å². The minimum absolute atomic E-state index is 0.140. The Morgan fingerprint density at radius 3 is 2.15 bits per heavy atom. The van der Waals surface area contributed by atoms with Gasteiger partial charge in [-0.3, -0.25) is 9.59 Å². The van der Waals surface area contributed by atoms with Gasteiger partial charge in [0.25, 0.3) is 5.91 Å². The molecule has 0 saturated heterocycles. The van der Waals surface area contributed by atoms with Crippen molar-refractivity contribution >= 4 is 11.8 Å². The van der Waals surface area contributed by atoms with Crippen LogP contribution in [0.25, 0.3) is 0 Å². The molecular weight excluding hydrogens is 424 g/mol. The summed E-state index contributed by atoms with van der Waals surface area (Å²) >= 11 is 0. The molecule has 3 aromatic carbocycles. The standard InChI is InChI=1S/C29H34N2O3/c1-22(2)19-30-29(33)27(18-24-13-6-4-7-14-24)31(20-25-15-11-10-12-23(25)3)28(32)21-34-26-16-8-5-9-17-26/h4-17,22,27H,18-21H2,1-3H3,(H,30,33). The molecule has 34 heavy (non-hydrogen) atoms. The Morgan fingerprint density at radius 1 is 0.882 bits per heavy atom. The Kier molecular flexibility index (Phi) is 9.27. The summed E-state index contributed by atoms with van der Waals surface area (Å²) in [5.74, 6) is 0.547. The van der Waals surface area contributed by atoms with Crippen molar-refractivity contribution in [2.75, 3.05) is 13.2 Å². The molecule has 0 aliphatic rings. The van der Waals surface area contributed by atoms with Gasteiger partial charge in [0.15, 0.2) is 6.61 Å². The minimum atomic E-state index is -0.660. The zero-order chi connectivity index (χ0) is 24.3. The second-order valence-corrected chi connectivity index (χ2v) is 8.89. The highest BCUT2D eigenvalue weighted by Crippen LogP contribution is 2.18. The zero-order valence-electron chi connectivity index (χ0n) is 20.2. The van der Waals surface area contributed by atoms with Gasteiger partial charge in [-0.05, 0) is 41.7 Å². The van der Waals surface area contributed by atoms with E-state index in [0.29, 0.717) is 31.2 Å². The first-order valence-electron chi connectivity index (χ1n) is 11.8. The molecule has 5 nitrogen and oxygen atoms in total. The van der Waals surface area contributed by atoms with Crippen molar-refractivity contribution in [3.8, 4) is 5.75 Å². The maximum atomic E-state index is 13.5. The molecule has 0 heterocycles. The van der Waals surface area contributed by atoms with Crippen LogP contribution in [0.4, 0.5) is 0 Å². The summed E-state index contributed by atoms with van der Waals surface area (Å²) in [6.45, 7) is 6.86. The second-order valence-electron chi connectivity index (χ2n) is 8.89. The van der Waals surface area contributed by atoms with Crippen LogP contribution in [-0.4, -0.2) is 35.9 Å². The molecule has 2 amide bonds. The molecule has 0 saturated carbocycles. The van der Waals surface area contributed by atoms with E-state index in [1.165, 1.54) is 0 Å². The fourth-order valence-corrected chi connectivity index (χ4v) is 3.69. The second kappa shape index (κ2) is 12.6. The Balaban J connectivity index is 1.90. The lowest BCUT2D eigenvalue weighted by Gasteiger charge is -2.32. The van der Waals surface area contributed by atoms with Crippen LogP contribution in [0.15, 0.2) is 84.9 Å². The predicted octanol–water partition coefficient (Wildman–Crippen LogP) is 4.79. The number of hydrogen-bond acceptors (Lipinski definition) is 3. The highest BCUT2D eigenvalue weighted by molar-refractivity contribution is 5.88. The van der Waals surface area contributed by atoms with Gasteiger partial charge in [0.2, 0.25) is 5.91 Å². The molecule has 0 bridgehead atoms. The van der Waals surface area contributed by atoms with E-state index in [1.807, 2.05) is 91.9 Å². The number of nitrogens with zero attached hydrogens (tertiary/aromatic N) is 1. The summed E-state index contributed by atoms with van der Waals surface area (Å²) in [7, 11) is 0. The van der Waals surface area contributed by atoms with Gasteiger partial charge in [-0.2, -0.15) is 0 Å². The van der Waals surface area contributed by atoms with E-state index in [2.05, 4.69) is 19.2 Å². The number of nitrogens with one attached hydrogen (secondary N) is 1. The lowest BCUT2D eigenvalue weighted by Crippen LogP contribution is -2.52. The zero-order valence-corrected chi connectivity index (χ0v) is 20.2. The summed E-state index contributed by atoms with van der Waals surface area (Å²) in [6.07, 6.45) is 0.424. The molecule has 1 N–H and O–H groups in total. The third-order valence-electron chi connectivity index (χ3n) is 5.66. The Bertz CT molecular complexity index is 1050. The lowest BCUT2D eigenvalue weighted by molar-refractivity contribution is -0.142. The molecule has 0 aliphatic carbocycles. The lowest BCUT2D eigenvalue weighted by atomic mass is 10.0. The summed E-state index contributed by atoms with van der Waals surface area (Å²) in [4.78, 5) is 28.6. The van der Waals surface area contributed by atoms with Crippen LogP contribution < -0.4 is 10.1 Å². The van der Waals surface area contributed by atoms with E-state index >= 15 is 0 Å². The van der Waals surface area contributed by atoms with Crippen LogP contribution >= 0.6 is 0 Å². The highest BCUT2D eigenvalue weighted by Gasteiger charge is 2.31. The molecular formula is C29H34N2O3. The van der Waals surface area contributed by atoms with Crippen molar-refractivity contribution in [3.63, 3.8) is 0 Å². The Morgan fingerprint density at radius 2 is 1.50 bits per heavy atom. The van der Waals surface area contributed by atoms with E-state index in [0.717, 1.165) is 16.7 Å². The van der Waals surface area contributed by atoms with Crippen LogP contribution in [0, 0.1) is 12.8 Å². The SMILES string of the molecule is Cc1ccccc1CN(C(=O)COc1ccccc1)C(Cc1ccccc1)C(=O)NCC(C)C. The van der Waals surface area contributed by atoms with Gasteiger partial charge in [0.05, 0.1) is 0 Å². The van der Waals surface area contributed by atoms with E-state index in [-0.39, 0.29) is 18.4 Å². The van der Waals surface area contributed by atoms with Gasteiger partial charge in [-0.25, -0.2) is 0 Å². The molecule has 5 heteroatoms. The Labute approximate surface area is 202 Å². The first-order valence-corrected chi connectivity index (χ1v) is 11.8. The van der Waals surface area contributed by atoms with Crippen LogP contribution in [0.1, 0.15) is 30.5 Å². The van der Waals surface area contributed by atoms with Crippen molar-refractivity contribution in [1.29, 1.82) is 0 Å². The minimum Gasteiger partial charge on any atom is -0.484 e. The van der Waals surface area contributed by atoms with Crippen molar-refractivity contribution in [2.24, 2.45) is 5.92 Å². The van der Waals surface area contributed by atoms with Gasteiger partial charge in [-0.15, -0.1) is 0 Å². The number of aryl methyl sites for hydroxylation is 1. The van der Waals surface area contributed by atoms with Crippen LogP contribution in [0.5, 0.6) is 5.75 Å². The molecule has 0 aliphatic heterocycles. The fraction of sp³-hybridized carbons (Fsp3) is 0.310. The third kappa shape index (κ3) is 7.48. The normalized spacial score (nSPS) is 11.6. The molecule has 0 spiro atoms. The van der Waals surface area contributed by atoms with Crippen molar-refractivity contribution in [3.05, 3.63) is 102 Å². The average molecular weight is 459 g/mol. The number of hydrogen-bond donors (Lipinski definition) is 1. The molecule has 3 rings (SSSR count). The topological polar surface area (TPSA) is 58.6 Å². The molecule has 0 radical (unpaired) electrons. The van der Waals surface area contributed by atoms with Crippen molar-refractivity contribution < 1.29 is 14.3 Å². The van der Waals surface area contributed by atoms with Crippen molar-refractivity contribution in [2.45, 2.75) is 39.8 Å². The molecule has 0 fully saturated rings. The first kappa shape index (κ1) is 25.0. The largest absolute Gasteiger partial charge is 0.484 e. The van der Waals surface area contributed by atoms with E-state index < -0.39 is 6.04 Å². The number of benzene rings is 3. The van der Waals surface area contributed by atoms with E-state index in [1.54, 1.807) is 4.90 Å². The van der Waals surface area contributed by atoms with E-state index in [4.69, 9.17) is 4.74 Å². The predicted molar refractivity (Wildman–Crippen MR) is 135 cm³/mol. The monoisotopic (exact) mass is 458 g/mol. The summed E-state index contributed by atoms with van der Waals surface area (Å²) in [6, 6.07) is 26.4. The number of amides is 2. The third-order valence-corrected chi connectivity index (χ3v) is 5.66. The average Bonchev–Trinajstić information content (AvgIpc) is 2.85. The Hall–Kier alpha value is -3.60. The van der Waals surface area contributed by atoms with Crippen molar-refractivity contribution in [1.82, 2.24) is 10.2 Å². The summed E-state index contributed by atoms with van der Waals surface area (Å²) in [5, 5.41) is 3.04. The number of carbonyl (C=O) groups excluding carboxylic acids is 2. The quantitative estimate of drug-likeness (QED) is 0.450. The highest BCUT2D eigenvalue weighted by atomic mass is 16.5. The molecule has 178 valence electrons. The van der Waals surface area contributed by atoms with Gasteiger partial charge in [0, 0.05) is 19.5 Å². The van der Waals surface area contributed by atoms with Crippen LogP contribution in [0.3, 0.4) is 0 Å². The van der Waals surface area contributed by atoms with Crippen LogP contribution in [-0.2, 0) is 22.6 Å². The van der Waals surface area contributed by atoms with Gasteiger partial charge >= 0.3 is 0 Å². The number of ether oxygens (including phenoxy) is 1. The fourth-order valence-electron chi connectivity index (χ4n) is 3.69. The van der Waals surface area contributed by atoms with E-state index in [9.17, 15) is 9.59 Å². The maximum Gasteiger partial charge on any atom is 0.261 e. The number of rotatable bonds is 11. The van der Waals surface area contributed by atoms with Gasteiger partial charge < -0.3 is 15.0 Å². The van der Waals surface area contributed by atoms with Crippen LogP contribution in [0.2, 0.25) is 0 Å². The van der Waals surface area contributed by atoms with Gasteiger partial charge in [-0.1, -0.05) is 86.6 Å². The number of para-hydroxylation sites is 1.